The van der Waals surface area contributed by atoms with Crippen LogP contribution in [0.25, 0.3) is 10.9 Å². The van der Waals surface area contributed by atoms with Gasteiger partial charge in [0.25, 0.3) is 5.56 Å². The maximum Gasteiger partial charge on any atom is 0.282 e. The molecule has 0 amide bonds. The van der Waals surface area contributed by atoms with Crippen molar-refractivity contribution >= 4 is 29.3 Å². The zero-order chi connectivity index (χ0) is 13.9. The SMILES string of the molecule is O=c1c2ccccc2[nH]c(=S)n1/N=C\c1ccncc1. The van der Waals surface area contributed by atoms with E-state index < -0.39 is 0 Å². The van der Waals surface area contributed by atoms with Crippen LogP contribution in [0.5, 0.6) is 0 Å². The Bertz CT molecular complexity index is 896. The number of nitrogens with one attached hydrogen (secondary N) is 1. The van der Waals surface area contributed by atoms with Crippen molar-refractivity contribution in [3.05, 3.63) is 69.5 Å². The van der Waals surface area contributed by atoms with Crippen LogP contribution < -0.4 is 5.56 Å². The Labute approximate surface area is 119 Å². The van der Waals surface area contributed by atoms with Gasteiger partial charge in [0.1, 0.15) is 0 Å². The van der Waals surface area contributed by atoms with Crippen molar-refractivity contribution in [2.75, 3.05) is 0 Å². The van der Waals surface area contributed by atoms with Crippen molar-refractivity contribution in [3.63, 3.8) is 0 Å². The summed E-state index contributed by atoms with van der Waals surface area (Å²) in [6, 6.07) is 10.8. The lowest BCUT2D eigenvalue weighted by Gasteiger charge is -2.02. The monoisotopic (exact) mass is 282 g/mol. The summed E-state index contributed by atoms with van der Waals surface area (Å²) in [5.41, 5.74) is 1.31. The van der Waals surface area contributed by atoms with Gasteiger partial charge >= 0.3 is 0 Å². The Morgan fingerprint density at radius 3 is 2.75 bits per heavy atom. The summed E-state index contributed by atoms with van der Waals surface area (Å²) in [6.45, 7) is 0. The van der Waals surface area contributed by atoms with Crippen LogP contribution in [0.1, 0.15) is 5.56 Å². The van der Waals surface area contributed by atoms with E-state index in [0.717, 1.165) is 5.56 Å². The predicted octanol–water partition coefficient (Wildman–Crippen LogP) is 2.34. The molecule has 3 rings (SSSR count). The van der Waals surface area contributed by atoms with Gasteiger partial charge in [0.05, 0.1) is 17.1 Å². The number of hydrogen-bond acceptors (Lipinski definition) is 4. The highest BCUT2D eigenvalue weighted by Gasteiger charge is 2.03. The molecule has 1 aromatic carbocycles. The third-order valence-electron chi connectivity index (χ3n) is 2.81. The first-order valence-corrected chi connectivity index (χ1v) is 6.35. The van der Waals surface area contributed by atoms with Crippen LogP contribution in [0.15, 0.2) is 58.7 Å². The van der Waals surface area contributed by atoms with Gasteiger partial charge in [-0.3, -0.25) is 9.78 Å². The highest BCUT2D eigenvalue weighted by molar-refractivity contribution is 7.71. The first-order valence-electron chi connectivity index (χ1n) is 5.94. The number of fused-ring (bicyclic) bond motifs is 1. The zero-order valence-corrected chi connectivity index (χ0v) is 11.2. The topological polar surface area (TPSA) is 63.0 Å². The molecule has 98 valence electrons. The Balaban J connectivity index is 2.15. The molecule has 1 N–H and O–H groups in total. The minimum absolute atomic E-state index is 0.241. The second-order valence-corrected chi connectivity index (χ2v) is 4.50. The molecule has 0 saturated heterocycles. The van der Waals surface area contributed by atoms with Gasteiger partial charge in [-0.05, 0) is 42.0 Å². The molecule has 20 heavy (non-hydrogen) atoms. The molecule has 0 fully saturated rings. The maximum absolute atomic E-state index is 12.3. The number of pyridine rings is 1. The van der Waals surface area contributed by atoms with E-state index in [4.69, 9.17) is 12.2 Å². The molecule has 5 nitrogen and oxygen atoms in total. The van der Waals surface area contributed by atoms with Crippen LogP contribution in [-0.2, 0) is 0 Å². The highest BCUT2D eigenvalue weighted by atomic mass is 32.1. The van der Waals surface area contributed by atoms with E-state index in [2.05, 4.69) is 15.1 Å². The first kappa shape index (κ1) is 12.4. The van der Waals surface area contributed by atoms with Crippen molar-refractivity contribution in [2.24, 2.45) is 5.10 Å². The van der Waals surface area contributed by atoms with Gasteiger partial charge in [-0.1, -0.05) is 12.1 Å². The molecule has 0 spiro atoms. The summed E-state index contributed by atoms with van der Waals surface area (Å²) in [5, 5.41) is 4.69. The van der Waals surface area contributed by atoms with Crippen LogP contribution in [0.3, 0.4) is 0 Å². The van der Waals surface area contributed by atoms with Crippen molar-refractivity contribution < 1.29 is 0 Å². The largest absolute Gasteiger partial charge is 0.330 e. The van der Waals surface area contributed by atoms with Crippen molar-refractivity contribution in [1.82, 2.24) is 14.6 Å². The number of H-pyrrole nitrogens is 1. The average Bonchev–Trinajstić information content (AvgIpc) is 2.48. The van der Waals surface area contributed by atoms with E-state index in [1.807, 2.05) is 12.1 Å². The summed E-state index contributed by atoms with van der Waals surface area (Å²) in [5.74, 6) is 0. The number of aromatic amines is 1. The fourth-order valence-electron chi connectivity index (χ4n) is 1.83. The quantitative estimate of drug-likeness (QED) is 0.579. The summed E-state index contributed by atoms with van der Waals surface area (Å²) in [4.78, 5) is 19.2. The molecule has 0 aliphatic rings. The van der Waals surface area contributed by atoms with Crippen LogP contribution in [0.4, 0.5) is 0 Å². The molecule has 2 heterocycles. The summed E-state index contributed by atoms with van der Waals surface area (Å²) >= 11 is 5.16. The van der Waals surface area contributed by atoms with E-state index in [1.54, 1.807) is 42.9 Å². The Hall–Kier alpha value is -2.60. The van der Waals surface area contributed by atoms with Crippen molar-refractivity contribution in [3.8, 4) is 0 Å². The third-order valence-corrected chi connectivity index (χ3v) is 3.09. The number of aromatic nitrogens is 3. The van der Waals surface area contributed by atoms with Gasteiger partial charge in [0, 0.05) is 12.4 Å². The molecule has 2 aromatic heterocycles. The lowest BCUT2D eigenvalue weighted by atomic mass is 10.2. The molecule has 0 aliphatic carbocycles. The van der Waals surface area contributed by atoms with Gasteiger partial charge in [0.2, 0.25) is 4.77 Å². The fourth-order valence-corrected chi connectivity index (χ4v) is 2.07. The van der Waals surface area contributed by atoms with E-state index in [1.165, 1.54) is 4.68 Å². The summed E-state index contributed by atoms with van der Waals surface area (Å²) in [6.07, 6.45) is 4.89. The summed E-state index contributed by atoms with van der Waals surface area (Å²) in [7, 11) is 0. The smallest absolute Gasteiger partial charge is 0.282 e. The molecular weight excluding hydrogens is 272 g/mol. The number of nitrogens with zero attached hydrogens (tertiary/aromatic N) is 3. The van der Waals surface area contributed by atoms with E-state index in [0.29, 0.717) is 10.9 Å². The van der Waals surface area contributed by atoms with Crippen LogP contribution >= 0.6 is 12.2 Å². The van der Waals surface area contributed by atoms with Crippen molar-refractivity contribution in [1.29, 1.82) is 0 Å². The van der Waals surface area contributed by atoms with Crippen LogP contribution in [0.2, 0.25) is 0 Å². The molecule has 0 aliphatic heterocycles. The minimum atomic E-state index is -0.241. The Morgan fingerprint density at radius 1 is 1.20 bits per heavy atom. The average molecular weight is 282 g/mol. The number of benzene rings is 1. The maximum atomic E-state index is 12.3. The predicted molar refractivity (Wildman–Crippen MR) is 80.6 cm³/mol. The van der Waals surface area contributed by atoms with Gasteiger partial charge in [-0.25, -0.2) is 0 Å². The molecular formula is C14H10N4OS. The molecule has 6 heteroatoms. The lowest BCUT2D eigenvalue weighted by molar-refractivity contribution is 0.800. The summed E-state index contributed by atoms with van der Waals surface area (Å²) < 4.78 is 1.44. The van der Waals surface area contributed by atoms with Crippen LogP contribution in [-0.4, -0.2) is 20.9 Å². The highest BCUT2D eigenvalue weighted by Crippen LogP contribution is 2.05. The van der Waals surface area contributed by atoms with E-state index >= 15 is 0 Å². The van der Waals surface area contributed by atoms with Gasteiger partial charge < -0.3 is 4.98 Å². The molecule has 0 saturated carbocycles. The standard InChI is InChI=1S/C14H10N4OS/c19-13-11-3-1-2-4-12(11)17-14(20)18(13)16-9-10-5-7-15-8-6-10/h1-9H,(H,17,20)/b16-9-. The molecule has 0 unspecified atom stereocenters. The number of hydrogen-bond donors (Lipinski definition) is 1. The second kappa shape index (κ2) is 5.18. The van der Waals surface area contributed by atoms with E-state index in [9.17, 15) is 4.79 Å². The molecule has 0 atom stereocenters. The molecule has 0 radical (unpaired) electrons. The Kier molecular flexibility index (Phi) is 3.22. The van der Waals surface area contributed by atoms with Gasteiger partial charge in [-0.2, -0.15) is 9.78 Å². The second-order valence-electron chi connectivity index (χ2n) is 4.12. The number of para-hydroxylation sites is 1. The lowest BCUT2D eigenvalue weighted by Crippen LogP contribution is -2.18. The third kappa shape index (κ3) is 2.28. The normalized spacial score (nSPS) is 11.2. The van der Waals surface area contributed by atoms with Gasteiger partial charge in [0.15, 0.2) is 0 Å². The minimum Gasteiger partial charge on any atom is -0.330 e. The molecule has 3 aromatic rings. The first-order chi connectivity index (χ1) is 9.75. The Morgan fingerprint density at radius 2 is 1.95 bits per heavy atom. The van der Waals surface area contributed by atoms with Crippen molar-refractivity contribution in [2.45, 2.75) is 0 Å². The molecule has 0 bridgehead atoms. The fraction of sp³-hybridized carbons (Fsp3) is 0. The van der Waals surface area contributed by atoms with E-state index in [-0.39, 0.29) is 10.3 Å². The zero-order valence-electron chi connectivity index (χ0n) is 10.4. The number of rotatable bonds is 2. The van der Waals surface area contributed by atoms with Crippen LogP contribution in [0, 0.1) is 4.77 Å². The van der Waals surface area contributed by atoms with Gasteiger partial charge in [-0.15, -0.1) is 0 Å².